The van der Waals surface area contributed by atoms with E-state index in [1.54, 1.807) is 0 Å². The maximum atomic E-state index is 12.5. The Hall–Kier alpha value is -3.31. The Labute approximate surface area is 204 Å². The summed E-state index contributed by atoms with van der Waals surface area (Å²) in [4.78, 5) is 63.8. The smallest absolute Gasteiger partial charge is 0.321 e. The second-order valence-corrected chi connectivity index (χ2v) is 8.70. The first kappa shape index (κ1) is 27.9. The Morgan fingerprint density at radius 3 is 2.20 bits per heavy atom. The molecule has 0 spiro atoms. The minimum absolute atomic E-state index is 0.0337. The van der Waals surface area contributed by atoms with Gasteiger partial charge in [-0.05, 0) is 43.6 Å². The number of likely N-dealkylation sites (N-methyl/N-ethyl adjacent to an activating group) is 1. The Kier molecular flexibility index (Phi) is 9.49. The Morgan fingerprint density at radius 2 is 1.71 bits per heavy atom. The van der Waals surface area contributed by atoms with Crippen LogP contribution in [0.1, 0.15) is 61.3 Å². The predicted octanol–water partition coefficient (Wildman–Crippen LogP) is 0.812. The monoisotopic (exact) mass is 490 g/mol. The van der Waals surface area contributed by atoms with Crippen LogP contribution in [0.15, 0.2) is 18.2 Å². The van der Waals surface area contributed by atoms with Gasteiger partial charge in [-0.3, -0.25) is 38.7 Å². The molecule has 2 atom stereocenters. The number of nitrogens with zero attached hydrogens (tertiary/aromatic N) is 3. The van der Waals surface area contributed by atoms with E-state index in [9.17, 15) is 24.0 Å². The van der Waals surface area contributed by atoms with E-state index in [2.05, 4.69) is 0 Å². The molecule has 1 aromatic carbocycles. The third-order valence-corrected chi connectivity index (χ3v) is 6.15. The van der Waals surface area contributed by atoms with Gasteiger partial charge in [-0.25, -0.2) is 0 Å². The number of fused-ring (bicyclic) bond motifs is 1. The zero-order valence-electron chi connectivity index (χ0n) is 20.6. The van der Waals surface area contributed by atoms with Gasteiger partial charge in [0, 0.05) is 12.1 Å². The van der Waals surface area contributed by atoms with Crippen LogP contribution in [0.4, 0.5) is 5.69 Å². The molecule has 2 aliphatic rings. The standard InChI is InChI=1S/C15H15N3O5.C9H19NO2/c16-8-1-2-9-10(7-8)14(22)18(13(9)21)11-3-4-12(20)17(5-6-19)15(11)23;1-5-10(6-2)8(7(3)4)9(11)12/h1-2,7,11,19H,3-6,16H2;7-8H,5-6H2,1-4H3,(H,11,12)/t;8-/m.0/s1. The summed E-state index contributed by atoms with van der Waals surface area (Å²) >= 11 is 0. The third kappa shape index (κ3) is 5.85. The summed E-state index contributed by atoms with van der Waals surface area (Å²) in [6.07, 6.45) is 0.118. The Balaban J connectivity index is 0.000000307. The number of anilines is 1. The topological polar surface area (TPSA) is 162 Å². The highest BCUT2D eigenvalue weighted by Crippen LogP contribution is 2.30. The normalized spacial score (nSPS) is 18.7. The zero-order valence-corrected chi connectivity index (χ0v) is 20.6. The minimum atomic E-state index is -1.03. The first-order valence-electron chi connectivity index (χ1n) is 11.7. The lowest BCUT2D eigenvalue weighted by molar-refractivity contribution is -0.152. The maximum absolute atomic E-state index is 12.5. The van der Waals surface area contributed by atoms with Crippen LogP contribution >= 0.6 is 0 Å². The van der Waals surface area contributed by atoms with Crippen molar-refractivity contribution in [2.24, 2.45) is 5.92 Å². The highest BCUT2D eigenvalue weighted by molar-refractivity contribution is 6.23. The number of carbonyl (C=O) groups excluding carboxylic acids is 4. The second-order valence-electron chi connectivity index (χ2n) is 8.70. The Morgan fingerprint density at radius 1 is 1.11 bits per heavy atom. The number of likely N-dealkylation sites (tertiary alicyclic amines) is 1. The van der Waals surface area contributed by atoms with Crippen LogP contribution in [0.2, 0.25) is 0 Å². The van der Waals surface area contributed by atoms with Gasteiger partial charge in [0.2, 0.25) is 5.91 Å². The van der Waals surface area contributed by atoms with Crippen molar-refractivity contribution < 1.29 is 34.2 Å². The number of β-amino-alcohol motifs (C(OH)–C–C–N with tert-alkyl or cyclic N) is 1. The largest absolute Gasteiger partial charge is 0.480 e. The van der Waals surface area contributed by atoms with Crippen LogP contribution in [0.3, 0.4) is 0 Å². The summed E-state index contributed by atoms with van der Waals surface area (Å²) in [6, 6.07) is 3.00. The predicted molar refractivity (Wildman–Crippen MR) is 127 cm³/mol. The number of hydrogen-bond acceptors (Lipinski definition) is 8. The first-order valence-corrected chi connectivity index (χ1v) is 11.7. The zero-order chi connectivity index (χ0) is 26.4. The van der Waals surface area contributed by atoms with E-state index in [1.165, 1.54) is 18.2 Å². The molecule has 0 aromatic heterocycles. The van der Waals surface area contributed by atoms with Crippen LogP contribution < -0.4 is 5.73 Å². The van der Waals surface area contributed by atoms with E-state index in [0.29, 0.717) is 5.69 Å². The number of nitrogen functional groups attached to an aromatic ring is 1. The number of rotatable bonds is 8. The lowest BCUT2D eigenvalue weighted by Gasteiger charge is -2.34. The van der Waals surface area contributed by atoms with Gasteiger partial charge in [0.25, 0.3) is 17.7 Å². The van der Waals surface area contributed by atoms with Crippen molar-refractivity contribution >= 4 is 35.3 Å². The van der Waals surface area contributed by atoms with Gasteiger partial charge in [0.05, 0.1) is 24.3 Å². The summed E-state index contributed by atoms with van der Waals surface area (Å²) < 4.78 is 0. The van der Waals surface area contributed by atoms with Gasteiger partial charge in [0.15, 0.2) is 0 Å². The van der Waals surface area contributed by atoms with E-state index >= 15 is 0 Å². The lowest BCUT2D eigenvalue weighted by Crippen LogP contribution is -2.56. The average molecular weight is 491 g/mol. The molecule has 11 nitrogen and oxygen atoms in total. The molecule has 2 aliphatic heterocycles. The van der Waals surface area contributed by atoms with Crippen LogP contribution in [-0.2, 0) is 14.4 Å². The van der Waals surface area contributed by atoms with Gasteiger partial charge >= 0.3 is 5.97 Å². The van der Waals surface area contributed by atoms with Crippen molar-refractivity contribution in [2.45, 2.75) is 52.6 Å². The number of hydrogen-bond donors (Lipinski definition) is 3. The molecule has 0 aliphatic carbocycles. The molecule has 4 N–H and O–H groups in total. The number of carbonyl (C=O) groups is 5. The van der Waals surface area contributed by atoms with Crippen LogP contribution in [-0.4, -0.2) is 92.8 Å². The van der Waals surface area contributed by atoms with Gasteiger partial charge in [-0.2, -0.15) is 0 Å². The molecule has 1 unspecified atom stereocenters. The molecule has 35 heavy (non-hydrogen) atoms. The molecule has 192 valence electrons. The highest BCUT2D eigenvalue weighted by Gasteiger charge is 2.46. The van der Waals surface area contributed by atoms with Crippen LogP contribution in [0.25, 0.3) is 0 Å². The number of aliphatic hydroxyl groups excluding tert-OH is 1. The summed E-state index contributed by atoms with van der Waals surface area (Å²) in [6.45, 7) is 8.93. The van der Waals surface area contributed by atoms with Crippen LogP contribution in [0.5, 0.6) is 0 Å². The highest BCUT2D eigenvalue weighted by atomic mass is 16.4. The fourth-order valence-corrected chi connectivity index (χ4v) is 4.44. The third-order valence-electron chi connectivity index (χ3n) is 6.15. The molecule has 1 fully saturated rings. The number of aliphatic hydroxyl groups is 1. The van der Waals surface area contributed by atoms with Crippen molar-refractivity contribution in [1.29, 1.82) is 0 Å². The van der Waals surface area contributed by atoms with E-state index in [1.807, 2.05) is 32.6 Å². The lowest BCUT2D eigenvalue weighted by atomic mass is 10.0. The van der Waals surface area contributed by atoms with Crippen molar-refractivity contribution in [2.75, 3.05) is 32.0 Å². The number of imide groups is 2. The summed E-state index contributed by atoms with van der Waals surface area (Å²) in [7, 11) is 0. The SMILES string of the molecule is CCN(CC)[C@H](C(=O)O)C(C)C.Nc1ccc2c(c1)C(=O)N(C1CCC(=O)N(CCO)C1=O)C2=O. The van der Waals surface area contributed by atoms with E-state index in [0.717, 1.165) is 22.9 Å². The van der Waals surface area contributed by atoms with Gasteiger partial charge in [-0.15, -0.1) is 0 Å². The van der Waals surface area contributed by atoms with E-state index in [4.69, 9.17) is 15.9 Å². The molecule has 1 aromatic rings. The molecule has 0 bridgehead atoms. The number of piperidine rings is 1. The summed E-state index contributed by atoms with van der Waals surface area (Å²) in [5.41, 5.74) is 6.34. The number of carboxylic acid groups (broad SMARTS) is 1. The number of carboxylic acids is 1. The molecule has 2 heterocycles. The number of benzene rings is 1. The van der Waals surface area contributed by atoms with Crippen molar-refractivity contribution in [3.8, 4) is 0 Å². The molecule has 11 heteroatoms. The van der Waals surface area contributed by atoms with Crippen LogP contribution in [0, 0.1) is 5.92 Å². The number of nitrogens with two attached hydrogens (primary N) is 1. The van der Waals surface area contributed by atoms with E-state index < -0.39 is 35.6 Å². The van der Waals surface area contributed by atoms with Gasteiger partial charge in [-0.1, -0.05) is 27.7 Å². The molecule has 3 rings (SSSR count). The quantitative estimate of drug-likeness (QED) is 0.354. The van der Waals surface area contributed by atoms with Gasteiger partial charge < -0.3 is 15.9 Å². The minimum Gasteiger partial charge on any atom is -0.480 e. The summed E-state index contributed by atoms with van der Waals surface area (Å²) in [5.74, 6) is -2.76. The van der Waals surface area contributed by atoms with Crippen molar-refractivity contribution in [3.63, 3.8) is 0 Å². The Bertz CT molecular complexity index is 990. The number of amides is 4. The average Bonchev–Trinajstić information content (AvgIpc) is 3.04. The molecule has 0 saturated carbocycles. The van der Waals surface area contributed by atoms with Crippen molar-refractivity contribution in [3.05, 3.63) is 29.3 Å². The molecular weight excluding hydrogens is 456 g/mol. The fourth-order valence-electron chi connectivity index (χ4n) is 4.44. The molecule has 4 amide bonds. The molecule has 1 saturated heterocycles. The summed E-state index contributed by atoms with van der Waals surface area (Å²) in [5, 5.41) is 17.9. The van der Waals surface area contributed by atoms with Gasteiger partial charge in [0.1, 0.15) is 12.1 Å². The van der Waals surface area contributed by atoms with Crippen molar-refractivity contribution in [1.82, 2.24) is 14.7 Å². The molecule has 0 radical (unpaired) electrons. The fraction of sp³-hybridized carbons (Fsp3) is 0.542. The maximum Gasteiger partial charge on any atom is 0.321 e. The molecular formula is C24H34N4O7. The second kappa shape index (κ2) is 11.9. The van der Waals surface area contributed by atoms with E-state index in [-0.39, 0.29) is 49.1 Å². The number of aliphatic carboxylic acids is 1. The first-order chi connectivity index (χ1) is 16.5.